The molecular formula is C8H12O. The lowest BCUT2D eigenvalue weighted by molar-refractivity contribution is -0.125. The number of fused-ring (bicyclic) bond motifs is 1. The Hall–Kier alpha value is -0.330. The van der Waals surface area contributed by atoms with E-state index < -0.39 is 0 Å². The van der Waals surface area contributed by atoms with E-state index >= 15 is 0 Å². The first-order valence-electron chi connectivity index (χ1n) is 3.75. The van der Waals surface area contributed by atoms with Gasteiger partial charge >= 0.3 is 0 Å². The zero-order valence-electron chi connectivity index (χ0n) is 5.81. The summed E-state index contributed by atoms with van der Waals surface area (Å²) in [7, 11) is 0. The number of hydrogen-bond acceptors (Lipinski definition) is 1. The van der Waals surface area contributed by atoms with Gasteiger partial charge < -0.3 is 0 Å². The van der Waals surface area contributed by atoms with Crippen LogP contribution in [0.4, 0.5) is 0 Å². The van der Waals surface area contributed by atoms with Gasteiger partial charge in [0.15, 0.2) is 0 Å². The zero-order chi connectivity index (χ0) is 6.48. The van der Waals surface area contributed by atoms with E-state index in [1.54, 1.807) is 0 Å². The molecule has 2 aliphatic carbocycles. The highest BCUT2D eigenvalue weighted by molar-refractivity contribution is 5.85. The fourth-order valence-electron chi connectivity index (χ4n) is 2.21. The van der Waals surface area contributed by atoms with E-state index in [2.05, 4.69) is 6.92 Å². The maximum absolute atomic E-state index is 11.0. The van der Waals surface area contributed by atoms with E-state index in [0.29, 0.717) is 17.1 Å². The molecule has 0 heterocycles. The first kappa shape index (κ1) is 5.45. The molecule has 0 aromatic rings. The minimum absolute atomic E-state index is 0.455. The largest absolute Gasteiger partial charge is 0.299 e. The summed E-state index contributed by atoms with van der Waals surface area (Å²) < 4.78 is 0. The Bertz CT molecular complexity index is 162. The fraction of sp³-hybridized carbons (Fsp3) is 0.875. The molecule has 0 N–H and O–H groups in total. The van der Waals surface area contributed by atoms with Crippen LogP contribution >= 0.6 is 0 Å². The van der Waals surface area contributed by atoms with Crippen molar-refractivity contribution in [2.24, 2.45) is 11.3 Å². The van der Waals surface area contributed by atoms with Crippen molar-refractivity contribution in [3.63, 3.8) is 0 Å². The molecule has 0 aromatic carbocycles. The van der Waals surface area contributed by atoms with Crippen LogP contribution in [0.15, 0.2) is 0 Å². The van der Waals surface area contributed by atoms with Gasteiger partial charge in [-0.3, -0.25) is 4.79 Å². The lowest BCUT2D eigenvalue weighted by Gasteiger charge is -2.40. The van der Waals surface area contributed by atoms with Gasteiger partial charge in [-0.2, -0.15) is 0 Å². The molecule has 0 bridgehead atoms. The molecule has 2 rings (SSSR count). The average molecular weight is 124 g/mol. The molecule has 2 saturated carbocycles. The Morgan fingerprint density at radius 1 is 1.56 bits per heavy atom. The van der Waals surface area contributed by atoms with E-state index in [9.17, 15) is 4.79 Å². The van der Waals surface area contributed by atoms with Gasteiger partial charge in [-0.05, 0) is 24.7 Å². The van der Waals surface area contributed by atoms with Gasteiger partial charge in [-0.25, -0.2) is 0 Å². The van der Waals surface area contributed by atoms with Crippen LogP contribution < -0.4 is 0 Å². The minimum Gasteiger partial charge on any atom is -0.299 e. The summed E-state index contributed by atoms with van der Waals surface area (Å²) in [5.74, 6) is 1.00. The molecule has 0 aromatic heterocycles. The Morgan fingerprint density at radius 3 is 2.56 bits per heavy atom. The molecule has 0 amide bonds. The maximum Gasteiger partial charge on any atom is 0.136 e. The number of hydrogen-bond donors (Lipinski definition) is 0. The van der Waals surface area contributed by atoms with E-state index in [1.807, 2.05) is 0 Å². The summed E-state index contributed by atoms with van der Waals surface area (Å²) in [6.07, 6.45) is 4.50. The molecule has 0 radical (unpaired) electrons. The van der Waals surface area contributed by atoms with Crippen LogP contribution in [0, 0.1) is 11.3 Å². The fourth-order valence-corrected chi connectivity index (χ4v) is 2.21. The number of Topliss-reactive ketones (excluding diaryl/α,β-unsaturated/α-hetero) is 1. The smallest absolute Gasteiger partial charge is 0.136 e. The summed E-state index contributed by atoms with van der Waals surface area (Å²) in [6.45, 7) is 2.26. The van der Waals surface area contributed by atoms with Crippen molar-refractivity contribution in [1.82, 2.24) is 0 Å². The summed E-state index contributed by atoms with van der Waals surface area (Å²) in [6, 6.07) is 0. The first-order chi connectivity index (χ1) is 4.22. The van der Waals surface area contributed by atoms with Crippen molar-refractivity contribution in [2.45, 2.75) is 32.6 Å². The van der Waals surface area contributed by atoms with Gasteiger partial charge in [0.05, 0.1) is 0 Å². The Kier molecular flexibility index (Phi) is 0.842. The second-order valence-corrected chi connectivity index (χ2v) is 3.71. The molecule has 0 aliphatic heterocycles. The van der Waals surface area contributed by atoms with Crippen LogP contribution in [0.25, 0.3) is 0 Å². The molecule has 2 atom stereocenters. The van der Waals surface area contributed by atoms with E-state index in [0.717, 1.165) is 12.8 Å². The SMILES string of the molecule is C[C@]12CCC(=O)[C@@H]1CC2. The topological polar surface area (TPSA) is 17.1 Å². The summed E-state index contributed by atoms with van der Waals surface area (Å²) in [5.41, 5.74) is 0.455. The maximum atomic E-state index is 11.0. The number of carbonyl (C=O) groups is 1. The highest BCUT2D eigenvalue weighted by Gasteiger charge is 2.50. The number of carbonyl (C=O) groups excluding carboxylic acids is 1. The molecular weight excluding hydrogens is 112 g/mol. The molecule has 2 fully saturated rings. The van der Waals surface area contributed by atoms with E-state index in [4.69, 9.17) is 0 Å². The van der Waals surface area contributed by atoms with Crippen molar-refractivity contribution in [3.05, 3.63) is 0 Å². The van der Waals surface area contributed by atoms with Gasteiger partial charge in [-0.1, -0.05) is 6.92 Å². The summed E-state index contributed by atoms with van der Waals surface area (Å²) in [4.78, 5) is 11.0. The first-order valence-corrected chi connectivity index (χ1v) is 3.75. The molecule has 50 valence electrons. The number of ketones is 1. The number of rotatable bonds is 0. The van der Waals surface area contributed by atoms with Crippen LogP contribution in [-0.2, 0) is 4.79 Å². The van der Waals surface area contributed by atoms with Crippen LogP contribution in [-0.4, -0.2) is 5.78 Å². The van der Waals surface area contributed by atoms with E-state index in [1.165, 1.54) is 12.8 Å². The summed E-state index contributed by atoms with van der Waals surface area (Å²) in [5, 5.41) is 0. The highest BCUT2D eigenvalue weighted by Crippen LogP contribution is 2.55. The third-order valence-corrected chi connectivity index (χ3v) is 3.18. The molecule has 1 nitrogen and oxygen atoms in total. The Morgan fingerprint density at radius 2 is 2.33 bits per heavy atom. The van der Waals surface area contributed by atoms with Gasteiger partial charge in [-0.15, -0.1) is 0 Å². The van der Waals surface area contributed by atoms with Crippen molar-refractivity contribution in [1.29, 1.82) is 0 Å². The quantitative estimate of drug-likeness (QED) is 0.481. The van der Waals surface area contributed by atoms with Crippen molar-refractivity contribution in [2.75, 3.05) is 0 Å². The third-order valence-electron chi connectivity index (χ3n) is 3.18. The monoisotopic (exact) mass is 124 g/mol. The second kappa shape index (κ2) is 1.39. The van der Waals surface area contributed by atoms with Crippen LogP contribution in [0.3, 0.4) is 0 Å². The predicted octanol–water partition coefficient (Wildman–Crippen LogP) is 1.77. The second-order valence-electron chi connectivity index (χ2n) is 3.71. The van der Waals surface area contributed by atoms with Crippen molar-refractivity contribution >= 4 is 5.78 Å². The molecule has 2 aliphatic rings. The molecule has 9 heavy (non-hydrogen) atoms. The normalized spacial score (nSPS) is 48.6. The lowest BCUT2D eigenvalue weighted by atomic mass is 9.63. The molecule has 1 heteroatoms. The predicted molar refractivity (Wildman–Crippen MR) is 35.1 cm³/mol. The Labute approximate surface area is 55.4 Å². The van der Waals surface area contributed by atoms with Crippen LogP contribution in [0.2, 0.25) is 0 Å². The molecule has 0 unspecified atom stereocenters. The standard InChI is InChI=1S/C8H12O/c1-8-4-2-6(8)7(9)3-5-8/h6H,2-5H2,1H3/t6-,8-/m0/s1. The van der Waals surface area contributed by atoms with Gasteiger partial charge in [0.2, 0.25) is 0 Å². The zero-order valence-corrected chi connectivity index (χ0v) is 5.81. The average Bonchev–Trinajstić information content (AvgIpc) is 1.93. The van der Waals surface area contributed by atoms with Crippen molar-refractivity contribution in [3.8, 4) is 0 Å². The Balaban J connectivity index is 2.24. The summed E-state index contributed by atoms with van der Waals surface area (Å²) >= 11 is 0. The molecule has 0 spiro atoms. The van der Waals surface area contributed by atoms with Crippen LogP contribution in [0.1, 0.15) is 32.6 Å². The van der Waals surface area contributed by atoms with Gasteiger partial charge in [0.1, 0.15) is 5.78 Å². The lowest BCUT2D eigenvalue weighted by Crippen LogP contribution is -2.35. The van der Waals surface area contributed by atoms with Crippen LogP contribution in [0.5, 0.6) is 0 Å². The van der Waals surface area contributed by atoms with Gasteiger partial charge in [0.25, 0.3) is 0 Å². The third kappa shape index (κ3) is 0.525. The molecule has 0 saturated heterocycles. The van der Waals surface area contributed by atoms with Crippen molar-refractivity contribution < 1.29 is 4.79 Å². The highest BCUT2D eigenvalue weighted by atomic mass is 16.1. The van der Waals surface area contributed by atoms with Gasteiger partial charge in [0, 0.05) is 12.3 Å². The van der Waals surface area contributed by atoms with E-state index in [-0.39, 0.29) is 0 Å². The minimum atomic E-state index is 0.455.